The molecule has 1 aliphatic heterocycles. The van der Waals surface area contributed by atoms with Crippen molar-refractivity contribution in [1.29, 1.82) is 0 Å². The standard InChI is InChI=1S/C12H17N3O/c1-15-7-4-11(5-8-15)14-12(16)10-3-2-6-13-9-10/h2-3,6,9,11H,4-5,7-8H2,1H3,(H,14,16). The Morgan fingerprint density at radius 2 is 2.25 bits per heavy atom. The van der Waals surface area contributed by atoms with Crippen LogP contribution >= 0.6 is 0 Å². The Balaban J connectivity index is 1.88. The van der Waals surface area contributed by atoms with E-state index in [2.05, 4.69) is 22.2 Å². The van der Waals surface area contributed by atoms with Gasteiger partial charge in [-0.1, -0.05) is 0 Å². The van der Waals surface area contributed by atoms with E-state index < -0.39 is 0 Å². The van der Waals surface area contributed by atoms with Crippen LogP contribution in [0.25, 0.3) is 0 Å². The molecule has 2 heterocycles. The van der Waals surface area contributed by atoms with Gasteiger partial charge in [-0.2, -0.15) is 0 Å². The van der Waals surface area contributed by atoms with Crippen molar-refractivity contribution < 1.29 is 4.79 Å². The molecule has 0 atom stereocenters. The van der Waals surface area contributed by atoms with Gasteiger partial charge in [0, 0.05) is 18.4 Å². The Labute approximate surface area is 95.7 Å². The van der Waals surface area contributed by atoms with Gasteiger partial charge in [0.1, 0.15) is 0 Å². The van der Waals surface area contributed by atoms with Gasteiger partial charge in [-0.3, -0.25) is 9.78 Å². The number of aromatic nitrogens is 1. The van der Waals surface area contributed by atoms with Gasteiger partial charge < -0.3 is 10.2 Å². The fourth-order valence-corrected chi connectivity index (χ4v) is 1.92. The second kappa shape index (κ2) is 5.07. The lowest BCUT2D eigenvalue weighted by Crippen LogP contribution is -2.43. The van der Waals surface area contributed by atoms with Gasteiger partial charge in [-0.15, -0.1) is 0 Å². The molecule has 0 radical (unpaired) electrons. The summed E-state index contributed by atoms with van der Waals surface area (Å²) in [5, 5.41) is 3.05. The maximum absolute atomic E-state index is 11.8. The van der Waals surface area contributed by atoms with Crippen molar-refractivity contribution in [2.45, 2.75) is 18.9 Å². The fraction of sp³-hybridized carbons (Fsp3) is 0.500. The lowest BCUT2D eigenvalue weighted by atomic mass is 10.1. The van der Waals surface area contributed by atoms with Crippen molar-refractivity contribution in [3.05, 3.63) is 30.1 Å². The first-order valence-electron chi connectivity index (χ1n) is 5.65. The van der Waals surface area contributed by atoms with E-state index in [1.807, 2.05) is 0 Å². The lowest BCUT2D eigenvalue weighted by molar-refractivity contribution is 0.0916. The number of hydrogen-bond donors (Lipinski definition) is 1. The van der Waals surface area contributed by atoms with E-state index in [-0.39, 0.29) is 5.91 Å². The summed E-state index contributed by atoms with van der Waals surface area (Å²) in [7, 11) is 2.11. The van der Waals surface area contributed by atoms with Crippen molar-refractivity contribution in [3.63, 3.8) is 0 Å². The normalized spacial score (nSPS) is 18.3. The third kappa shape index (κ3) is 2.79. The Morgan fingerprint density at radius 3 is 2.88 bits per heavy atom. The van der Waals surface area contributed by atoms with Gasteiger partial charge in [0.2, 0.25) is 0 Å². The van der Waals surface area contributed by atoms with Crippen LogP contribution in [-0.4, -0.2) is 42.0 Å². The van der Waals surface area contributed by atoms with E-state index in [1.165, 1.54) is 0 Å². The van der Waals surface area contributed by atoms with E-state index >= 15 is 0 Å². The molecule has 1 aromatic rings. The van der Waals surface area contributed by atoms with Gasteiger partial charge in [0.25, 0.3) is 5.91 Å². The average molecular weight is 219 g/mol. The van der Waals surface area contributed by atoms with Crippen molar-refractivity contribution in [3.8, 4) is 0 Å². The molecule has 16 heavy (non-hydrogen) atoms. The number of rotatable bonds is 2. The van der Waals surface area contributed by atoms with E-state index in [9.17, 15) is 4.79 Å². The molecule has 2 rings (SSSR count). The molecular formula is C12H17N3O. The van der Waals surface area contributed by atoms with Crippen LogP contribution in [0, 0.1) is 0 Å². The molecule has 1 amide bonds. The SMILES string of the molecule is CN1CCC(NC(=O)c2cccnc2)CC1. The summed E-state index contributed by atoms with van der Waals surface area (Å²) in [5.74, 6) is -0.0114. The lowest BCUT2D eigenvalue weighted by Gasteiger charge is -2.29. The predicted molar refractivity (Wildman–Crippen MR) is 62.2 cm³/mol. The monoisotopic (exact) mass is 219 g/mol. The second-order valence-electron chi connectivity index (χ2n) is 4.29. The summed E-state index contributed by atoms with van der Waals surface area (Å²) >= 11 is 0. The van der Waals surface area contributed by atoms with Gasteiger partial charge >= 0.3 is 0 Å². The molecule has 0 unspecified atom stereocenters. The molecule has 1 aliphatic rings. The minimum Gasteiger partial charge on any atom is -0.349 e. The van der Waals surface area contributed by atoms with Crippen molar-refractivity contribution in [2.75, 3.05) is 20.1 Å². The summed E-state index contributed by atoms with van der Waals surface area (Å²) in [5.41, 5.74) is 0.640. The Hall–Kier alpha value is -1.42. The summed E-state index contributed by atoms with van der Waals surface area (Å²) in [6.07, 6.45) is 5.33. The van der Waals surface area contributed by atoms with Crippen LogP contribution in [0.5, 0.6) is 0 Å². The zero-order valence-corrected chi connectivity index (χ0v) is 9.52. The molecule has 0 aliphatic carbocycles. The number of pyridine rings is 1. The summed E-state index contributed by atoms with van der Waals surface area (Å²) in [6, 6.07) is 3.88. The topological polar surface area (TPSA) is 45.2 Å². The number of amides is 1. The van der Waals surface area contributed by atoms with Crippen LogP contribution in [0.2, 0.25) is 0 Å². The Morgan fingerprint density at radius 1 is 1.50 bits per heavy atom. The highest BCUT2D eigenvalue weighted by atomic mass is 16.1. The predicted octanol–water partition coefficient (Wildman–Crippen LogP) is 0.906. The fourth-order valence-electron chi connectivity index (χ4n) is 1.92. The summed E-state index contributed by atoms with van der Waals surface area (Å²) in [6.45, 7) is 2.11. The average Bonchev–Trinajstić information content (AvgIpc) is 2.33. The molecule has 86 valence electrons. The number of likely N-dealkylation sites (tertiary alicyclic amines) is 1. The maximum Gasteiger partial charge on any atom is 0.253 e. The molecule has 0 spiro atoms. The number of carbonyl (C=O) groups is 1. The largest absolute Gasteiger partial charge is 0.349 e. The summed E-state index contributed by atoms with van der Waals surface area (Å²) < 4.78 is 0. The zero-order valence-electron chi connectivity index (χ0n) is 9.52. The van der Waals surface area contributed by atoms with Crippen LogP contribution in [0.3, 0.4) is 0 Å². The maximum atomic E-state index is 11.8. The van der Waals surface area contributed by atoms with E-state index in [1.54, 1.807) is 24.5 Å². The smallest absolute Gasteiger partial charge is 0.253 e. The second-order valence-corrected chi connectivity index (χ2v) is 4.29. The molecule has 0 aromatic carbocycles. The van der Waals surface area contributed by atoms with Crippen LogP contribution in [0.15, 0.2) is 24.5 Å². The Kier molecular flexibility index (Phi) is 3.51. The molecule has 1 aromatic heterocycles. The summed E-state index contributed by atoms with van der Waals surface area (Å²) in [4.78, 5) is 18.1. The molecule has 4 nitrogen and oxygen atoms in total. The quantitative estimate of drug-likeness (QED) is 0.804. The van der Waals surface area contributed by atoms with Gasteiger partial charge in [0.15, 0.2) is 0 Å². The highest BCUT2D eigenvalue weighted by Gasteiger charge is 2.18. The first kappa shape index (κ1) is 11.1. The molecule has 0 bridgehead atoms. The molecule has 1 N–H and O–H groups in total. The number of piperidine rings is 1. The molecule has 1 fully saturated rings. The highest BCUT2D eigenvalue weighted by Crippen LogP contribution is 2.09. The van der Waals surface area contributed by atoms with Crippen LogP contribution in [0.4, 0.5) is 0 Å². The van der Waals surface area contributed by atoms with Gasteiger partial charge in [0.05, 0.1) is 5.56 Å². The van der Waals surface area contributed by atoms with Gasteiger partial charge in [-0.05, 0) is 45.1 Å². The molecular weight excluding hydrogens is 202 g/mol. The molecule has 0 saturated carbocycles. The van der Waals surface area contributed by atoms with E-state index in [0.29, 0.717) is 11.6 Å². The third-order valence-electron chi connectivity index (χ3n) is 2.98. The van der Waals surface area contributed by atoms with Crippen LogP contribution in [0.1, 0.15) is 23.2 Å². The van der Waals surface area contributed by atoms with E-state index in [0.717, 1.165) is 25.9 Å². The Bertz CT molecular complexity index is 345. The number of nitrogens with zero attached hydrogens (tertiary/aromatic N) is 2. The van der Waals surface area contributed by atoms with Crippen molar-refractivity contribution in [1.82, 2.24) is 15.2 Å². The van der Waals surface area contributed by atoms with Crippen molar-refractivity contribution >= 4 is 5.91 Å². The highest BCUT2D eigenvalue weighted by molar-refractivity contribution is 5.93. The van der Waals surface area contributed by atoms with Gasteiger partial charge in [-0.25, -0.2) is 0 Å². The molecule has 1 saturated heterocycles. The van der Waals surface area contributed by atoms with E-state index in [4.69, 9.17) is 0 Å². The first-order valence-corrected chi connectivity index (χ1v) is 5.65. The number of carbonyl (C=O) groups excluding carboxylic acids is 1. The van der Waals surface area contributed by atoms with Crippen molar-refractivity contribution in [2.24, 2.45) is 0 Å². The van der Waals surface area contributed by atoms with Crippen LogP contribution < -0.4 is 5.32 Å². The molecule has 4 heteroatoms. The minimum absolute atomic E-state index is 0.0114. The third-order valence-corrected chi connectivity index (χ3v) is 2.98. The first-order chi connectivity index (χ1) is 7.75. The zero-order chi connectivity index (χ0) is 11.4. The number of nitrogens with one attached hydrogen (secondary N) is 1. The number of hydrogen-bond acceptors (Lipinski definition) is 3. The minimum atomic E-state index is -0.0114. The van der Waals surface area contributed by atoms with Crippen LogP contribution in [-0.2, 0) is 0 Å².